The van der Waals surface area contributed by atoms with Gasteiger partial charge in [-0.05, 0) is 37.6 Å². The molecule has 1 amide bonds. The van der Waals surface area contributed by atoms with Gasteiger partial charge < -0.3 is 14.9 Å². The minimum Gasteiger partial charge on any atom is -0.386 e. The second-order valence-electron chi connectivity index (χ2n) is 5.80. The first kappa shape index (κ1) is 20.6. The molecule has 0 radical (unpaired) electrons. The Labute approximate surface area is 157 Å². The van der Waals surface area contributed by atoms with Crippen molar-refractivity contribution in [3.63, 3.8) is 0 Å². The SMILES string of the molecule is CCCNS(=O)(=O)c1ccc(NC(=O)C(C#N)C(O)c2cnoc2C)cc1. The van der Waals surface area contributed by atoms with Gasteiger partial charge in [0.05, 0.1) is 17.2 Å². The van der Waals surface area contributed by atoms with Gasteiger partial charge in [-0.3, -0.25) is 4.79 Å². The molecular weight excluding hydrogens is 372 g/mol. The molecule has 0 saturated carbocycles. The average Bonchev–Trinajstić information content (AvgIpc) is 3.07. The quantitative estimate of drug-likeness (QED) is 0.617. The Morgan fingerprint density at radius 2 is 2.04 bits per heavy atom. The van der Waals surface area contributed by atoms with Crippen LogP contribution in [0.2, 0.25) is 0 Å². The molecule has 0 saturated heterocycles. The monoisotopic (exact) mass is 392 g/mol. The third kappa shape index (κ3) is 4.91. The van der Waals surface area contributed by atoms with Crippen LogP contribution in [0.1, 0.15) is 30.8 Å². The first-order valence-corrected chi connectivity index (χ1v) is 9.68. The molecular formula is C17H20N4O5S. The molecule has 2 aromatic rings. The summed E-state index contributed by atoms with van der Waals surface area (Å²) in [6.45, 7) is 3.73. The van der Waals surface area contributed by atoms with Crippen molar-refractivity contribution in [2.75, 3.05) is 11.9 Å². The molecule has 1 aromatic heterocycles. The van der Waals surface area contributed by atoms with Gasteiger partial charge in [0, 0.05) is 17.8 Å². The number of nitrogens with zero attached hydrogens (tertiary/aromatic N) is 2. The van der Waals surface area contributed by atoms with E-state index in [9.17, 15) is 23.6 Å². The predicted molar refractivity (Wildman–Crippen MR) is 95.9 cm³/mol. The van der Waals surface area contributed by atoms with Crippen molar-refractivity contribution in [2.24, 2.45) is 5.92 Å². The van der Waals surface area contributed by atoms with E-state index in [2.05, 4.69) is 15.2 Å². The molecule has 3 N–H and O–H groups in total. The first-order valence-electron chi connectivity index (χ1n) is 8.19. The Morgan fingerprint density at radius 1 is 1.37 bits per heavy atom. The lowest BCUT2D eigenvalue weighted by molar-refractivity contribution is -0.121. The van der Waals surface area contributed by atoms with E-state index in [1.165, 1.54) is 30.5 Å². The van der Waals surface area contributed by atoms with Crippen LogP contribution in [-0.2, 0) is 14.8 Å². The number of carbonyl (C=O) groups is 1. The zero-order valence-electron chi connectivity index (χ0n) is 14.8. The van der Waals surface area contributed by atoms with E-state index in [0.29, 0.717) is 24.4 Å². The summed E-state index contributed by atoms with van der Waals surface area (Å²) in [5, 5.41) is 25.5. The molecule has 2 rings (SSSR count). The third-order valence-electron chi connectivity index (χ3n) is 3.82. The summed E-state index contributed by atoms with van der Waals surface area (Å²) in [6, 6.07) is 7.26. The molecule has 0 fully saturated rings. The number of aliphatic hydroxyl groups is 1. The van der Waals surface area contributed by atoms with Gasteiger partial charge in [0.1, 0.15) is 11.9 Å². The summed E-state index contributed by atoms with van der Waals surface area (Å²) in [5.41, 5.74) is 0.545. The first-order chi connectivity index (χ1) is 12.8. The highest BCUT2D eigenvalue weighted by Gasteiger charge is 2.30. The fourth-order valence-corrected chi connectivity index (χ4v) is 3.43. The maximum absolute atomic E-state index is 12.3. The number of aryl methyl sites for hydroxylation is 1. The molecule has 1 heterocycles. The highest BCUT2D eigenvalue weighted by Crippen LogP contribution is 2.25. The summed E-state index contributed by atoms with van der Waals surface area (Å²) in [7, 11) is -3.61. The number of nitrogens with one attached hydrogen (secondary N) is 2. The molecule has 0 aliphatic rings. The van der Waals surface area contributed by atoms with Gasteiger partial charge >= 0.3 is 0 Å². The van der Waals surface area contributed by atoms with Gasteiger partial charge in [0.15, 0.2) is 5.92 Å². The number of benzene rings is 1. The van der Waals surface area contributed by atoms with E-state index in [1.807, 2.05) is 6.92 Å². The molecule has 2 atom stereocenters. The van der Waals surface area contributed by atoms with Gasteiger partial charge in [-0.2, -0.15) is 5.26 Å². The number of carbonyl (C=O) groups excluding carboxylic acids is 1. The minimum atomic E-state index is -3.61. The molecule has 0 aliphatic carbocycles. The number of anilines is 1. The summed E-state index contributed by atoms with van der Waals surface area (Å²) >= 11 is 0. The topological polar surface area (TPSA) is 145 Å². The van der Waals surface area contributed by atoms with Gasteiger partial charge in [-0.25, -0.2) is 13.1 Å². The standard InChI is InChI=1S/C17H20N4O5S/c1-3-8-20-27(24,25)13-6-4-12(5-7-13)21-17(23)14(9-18)16(22)15-10-19-26-11(15)2/h4-7,10,14,16,20,22H,3,8H2,1-2H3,(H,21,23). The van der Waals surface area contributed by atoms with E-state index < -0.39 is 28.0 Å². The number of aromatic nitrogens is 1. The molecule has 1 aromatic carbocycles. The molecule has 144 valence electrons. The van der Waals surface area contributed by atoms with Crippen LogP contribution in [-0.4, -0.2) is 31.1 Å². The lowest BCUT2D eigenvalue weighted by Crippen LogP contribution is -2.27. The Bertz CT molecular complexity index is 931. The zero-order valence-corrected chi connectivity index (χ0v) is 15.7. The number of aliphatic hydroxyl groups excluding tert-OH is 1. The van der Waals surface area contributed by atoms with E-state index in [-0.39, 0.29) is 10.5 Å². The largest absolute Gasteiger partial charge is 0.386 e. The van der Waals surface area contributed by atoms with Crippen LogP contribution in [0.25, 0.3) is 0 Å². The fraction of sp³-hybridized carbons (Fsp3) is 0.353. The lowest BCUT2D eigenvalue weighted by atomic mass is 9.97. The summed E-state index contributed by atoms with van der Waals surface area (Å²) in [5.74, 6) is -1.81. The van der Waals surface area contributed by atoms with E-state index in [4.69, 9.17) is 4.52 Å². The van der Waals surface area contributed by atoms with E-state index >= 15 is 0 Å². The Hall–Kier alpha value is -2.74. The smallest absolute Gasteiger partial charge is 0.244 e. The molecule has 0 bridgehead atoms. The Morgan fingerprint density at radius 3 is 2.56 bits per heavy atom. The van der Waals surface area contributed by atoms with Crippen molar-refractivity contribution < 1.29 is 22.8 Å². The Kier molecular flexibility index (Phi) is 6.68. The molecule has 0 aliphatic heterocycles. The van der Waals surface area contributed by atoms with Gasteiger partial charge in [0.2, 0.25) is 15.9 Å². The number of rotatable bonds is 8. The second kappa shape index (κ2) is 8.77. The second-order valence-corrected chi connectivity index (χ2v) is 7.57. The molecule has 2 unspecified atom stereocenters. The van der Waals surface area contributed by atoms with Crippen molar-refractivity contribution in [1.82, 2.24) is 9.88 Å². The number of nitriles is 1. The Balaban J connectivity index is 2.11. The predicted octanol–water partition coefficient (Wildman–Crippen LogP) is 1.48. The highest BCUT2D eigenvalue weighted by molar-refractivity contribution is 7.89. The molecule has 27 heavy (non-hydrogen) atoms. The summed E-state index contributed by atoms with van der Waals surface area (Å²) < 4.78 is 31.4. The molecule has 0 spiro atoms. The minimum absolute atomic E-state index is 0.0610. The van der Waals surface area contributed by atoms with Crippen molar-refractivity contribution in [3.8, 4) is 6.07 Å². The molecule has 9 nitrogen and oxygen atoms in total. The van der Waals surface area contributed by atoms with Crippen LogP contribution in [0.4, 0.5) is 5.69 Å². The maximum atomic E-state index is 12.3. The lowest BCUT2D eigenvalue weighted by Gasteiger charge is -2.15. The number of hydrogen-bond acceptors (Lipinski definition) is 7. The highest BCUT2D eigenvalue weighted by atomic mass is 32.2. The van der Waals surface area contributed by atoms with Crippen molar-refractivity contribution in [2.45, 2.75) is 31.3 Å². The third-order valence-corrected chi connectivity index (χ3v) is 5.30. The van der Waals surface area contributed by atoms with E-state index in [0.717, 1.165) is 0 Å². The van der Waals surface area contributed by atoms with Crippen LogP contribution >= 0.6 is 0 Å². The normalized spacial score (nSPS) is 13.6. The van der Waals surface area contributed by atoms with Crippen LogP contribution in [0.3, 0.4) is 0 Å². The van der Waals surface area contributed by atoms with Crippen molar-refractivity contribution in [1.29, 1.82) is 5.26 Å². The van der Waals surface area contributed by atoms with Crippen molar-refractivity contribution >= 4 is 21.6 Å². The summed E-state index contributed by atoms with van der Waals surface area (Å²) in [6.07, 6.45) is 0.511. The van der Waals surface area contributed by atoms with Crippen LogP contribution in [0.15, 0.2) is 39.9 Å². The van der Waals surface area contributed by atoms with Crippen LogP contribution < -0.4 is 10.0 Å². The van der Waals surface area contributed by atoms with Crippen LogP contribution in [0, 0.1) is 24.2 Å². The maximum Gasteiger partial charge on any atom is 0.244 e. The van der Waals surface area contributed by atoms with Gasteiger partial charge in [-0.1, -0.05) is 12.1 Å². The number of amides is 1. The number of sulfonamides is 1. The van der Waals surface area contributed by atoms with E-state index in [1.54, 1.807) is 13.0 Å². The number of hydrogen-bond donors (Lipinski definition) is 3. The zero-order chi connectivity index (χ0) is 20.0. The summed E-state index contributed by atoms with van der Waals surface area (Å²) in [4.78, 5) is 12.4. The fourth-order valence-electron chi connectivity index (χ4n) is 2.30. The molecule has 10 heteroatoms. The average molecular weight is 392 g/mol. The van der Waals surface area contributed by atoms with Crippen molar-refractivity contribution in [3.05, 3.63) is 41.8 Å². The van der Waals surface area contributed by atoms with Crippen LogP contribution in [0.5, 0.6) is 0 Å². The van der Waals surface area contributed by atoms with Gasteiger partial charge in [-0.15, -0.1) is 0 Å². The van der Waals surface area contributed by atoms with Gasteiger partial charge in [0.25, 0.3) is 0 Å².